The quantitative estimate of drug-likeness (QED) is 0.568. The Hall–Kier alpha value is -3.46. The highest BCUT2D eigenvalue weighted by atomic mass is 16.6. The van der Waals surface area contributed by atoms with Crippen LogP contribution in [0.4, 0.5) is 21.9 Å². The van der Waals surface area contributed by atoms with E-state index in [-0.39, 0.29) is 11.4 Å². The van der Waals surface area contributed by atoms with Gasteiger partial charge in [-0.15, -0.1) is 0 Å². The number of hydrogen-bond acceptors (Lipinski definition) is 6. The lowest BCUT2D eigenvalue weighted by atomic mass is 10.3. The Kier molecular flexibility index (Phi) is 5.42. The fraction of sp³-hybridized carbons (Fsp3) is 0.0667. The molecule has 0 bridgehead atoms. The number of nitro groups is 1. The van der Waals surface area contributed by atoms with E-state index in [9.17, 15) is 19.7 Å². The number of ether oxygens (including phenoxy) is 1. The van der Waals surface area contributed by atoms with Crippen molar-refractivity contribution >= 4 is 29.1 Å². The van der Waals surface area contributed by atoms with Crippen LogP contribution in [-0.4, -0.2) is 28.6 Å². The second-order valence-electron chi connectivity index (χ2n) is 4.55. The molecule has 0 spiro atoms. The van der Waals surface area contributed by atoms with Crippen LogP contribution in [0.1, 0.15) is 0 Å². The van der Waals surface area contributed by atoms with Crippen LogP contribution in [0, 0.1) is 10.1 Å². The van der Waals surface area contributed by atoms with Crippen molar-refractivity contribution in [1.29, 1.82) is 0 Å². The molecule has 2 aromatic carbocycles. The van der Waals surface area contributed by atoms with Crippen molar-refractivity contribution in [2.75, 3.05) is 17.2 Å². The molecule has 0 aromatic heterocycles. The maximum atomic E-state index is 11.7. The Morgan fingerprint density at radius 1 is 1.00 bits per heavy atom. The molecular weight excluding hydrogens is 318 g/mol. The number of nitro benzene ring substituents is 1. The van der Waals surface area contributed by atoms with Crippen LogP contribution in [0.15, 0.2) is 48.5 Å². The van der Waals surface area contributed by atoms with Gasteiger partial charge in [-0.25, -0.2) is 4.79 Å². The minimum absolute atomic E-state index is 0.108. The van der Waals surface area contributed by atoms with Gasteiger partial charge in [-0.2, -0.15) is 0 Å². The number of nitrogens with zero attached hydrogens (tertiary/aromatic N) is 1. The van der Waals surface area contributed by atoms with Crippen molar-refractivity contribution in [3.63, 3.8) is 0 Å². The summed E-state index contributed by atoms with van der Waals surface area (Å²) in [5.41, 5.74) is 0.774. The monoisotopic (exact) mass is 331 g/mol. The molecule has 2 rings (SSSR count). The molecule has 124 valence electrons. The number of anilines is 2. The van der Waals surface area contributed by atoms with E-state index in [4.69, 9.17) is 9.84 Å². The molecule has 2 aromatic rings. The molecule has 0 radical (unpaired) electrons. The number of carbonyl (C=O) groups is 2. The van der Waals surface area contributed by atoms with E-state index >= 15 is 0 Å². The highest BCUT2D eigenvalue weighted by molar-refractivity contribution is 5.92. The average Bonchev–Trinajstić information content (AvgIpc) is 2.57. The summed E-state index contributed by atoms with van der Waals surface area (Å²) in [6, 6.07) is 11.2. The Morgan fingerprint density at radius 3 is 2.04 bits per heavy atom. The largest absolute Gasteiger partial charge is 0.417 e. The number of aliphatic hydroxyl groups is 1. The molecule has 0 saturated carbocycles. The highest BCUT2D eigenvalue weighted by Crippen LogP contribution is 2.18. The maximum Gasteiger partial charge on any atom is 0.417 e. The number of rotatable bonds is 5. The maximum absolute atomic E-state index is 11.7. The third kappa shape index (κ3) is 4.78. The van der Waals surface area contributed by atoms with Gasteiger partial charge in [0.2, 0.25) is 5.91 Å². The van der Waals surface area contributed by atoms with Gasteiger partial charge in [0, 0.05) is 23.5 Å². The SMILES string of the molecule is O=C(CO)Nc1ccc(NC(=O)Oc2ccc([N+](=O)[O-])cc2)cc1. The summed E-state index contributed by atoms with van der Waals surface area (Å²) >= 11 is 0. The number of aliphatic hydroxyl groups excluding tert-OH is 1. The fourth-order valence-corrected chi connectivity index (χ4v) is 1.72. The van der Waals surface area contributed by atoms with Crippen LogP contribution in [0.25, 0.3) is 0 Å². The molecule has 0 saturated heterocycles. The highest BCUT2D eigenvalue weighted by Gasteiger charge is 2.08. The normalized spacial score (nSPS) is 9.88. The predicted octanol–water partition coefficient (Wildman–Crippen LogP) is 2.14. The van der Waals surface area contributed by atoms with Crippen LogP contribution in [-0.2, 0) is 4.79 Å². The lowest BCUT2D eigenvalue weighted by Gasteiger charge is -2.08. The van der Waals surface area contributed by atoms with Crippen molar-refractivity contribution in [2.45, 2.75) is 0 Å². The van der Waals surface area contributed by atoms with Crippen molar-refractivity contribution in [3.8, 4) is 5.75 Å². The molecule has 0 atom stereocenters. The molecule has 0 unspecified atom stereocenters. The van der Waals surface area contributed by atoms with Crippen molar-refractivity contribution < 1.29 is 24.4 Å². The Balaban J connectivity index is 1.92. The van der Waals surface area contributed by atoms with Gasteiger partial charge < -0.3 is 15.2 Å². The molecular formula is C15H13N3O6. The molecule has 0 aliphatic carbocycles. The van der Waals surface area contributed by atoms with Crippen LogP contribution >= 0.6 is 0 Å². The van der Waals surface area contributed by atoms with E-state index in [1.807, 2.05) is 0 Å². The Labute approximate surface area is 136 Å². The van der Waals surface area contributed by atoms with Gasteiger partial charge in [-0.1, -0.05) is 0 Å². The third-order valence-electron chi connectivity index (χ3n) is 2.82. The van der Waals surface area contributed by atoms with E-state index in [1.165, 1.54) is 48.5 Å². The number of hydrogen-bond donors (Lipinski definition) is 3. The zero-order valence-electron chi connectivity index (χ0n) is 12.3. The zero-order chi connectivity index (χ0) is 17.5. The van der Waals surface area contributed by atoms with Crippen molar-refractivity contribution in [2.24, 2.45) is 0 Å². The van der Waals surface area contributed by atoms with Crippen LogP contribution in [0.5, 0.6) is 5.75 Å². The minimum Gasteiger partial charge on any atom is -0.410 e. The van der Waals surface area contributed by atoms with Crippen LogP contribution in [0.2, 0.25) is 0 Å². The molecule has 0 heterocycles. The van der Waals surface area contributed by atoms with E-state index in [0.29, 0.717) is 11.4 Å². The summed E-state index contributed by atoms with van der Waals surface area (Å²) in [5, 5.41) is 24.1. The molecule has 0 fully saturated rings. The number of benzene rings is 2. The summed E-state index contributed by atoms with van der Waals surface area (Å²) in [6.45, 7) is -0.623. The van der Waals surface area contributed by atoms with Crippen LogP contribution in [0.3, 0.4) is 0 Å². The Bertz CT molecular complexity index is 743. The summed E-state index contributed by atoms with van der Waals surface area (Å²) in [7, 11) is 0. The summed E-state index contributed by atoms with van der Waals surface area (Å²) < 4.78 is 4.99. The van der Waals surface area contributed by atoms with Crippen molar-refractivity contribution in [1.82, 2.24) is 0 Å². The first-order chi connectivity index (χ1) is 11.5. The standard InChI is InChI=1S/C15H13N3O6/c19-9-14(20)16-10-1-3-11(4-2-10)17-15(21)24-13-7-5-12(6-8-13)18(22)23/h1-8,19H,9H2,(H,16,20)(H,17,21). The molecule has 9 nitrogen and oxygen atoms in total. The first kappa shape index (κ1) is 16.9. The third-order valence-corrected chi connectivity index (χ3v) is 2.82. The number of carbonyl (C=O) groups excluding carboxylic acids is 2. The molecule has 0 aliphatic heterocycles. The minimum atomic E-state index is -0.768. The van der Waals surface area contributed by atoms with E-state index in [0.717, 1.165) is 0 Å². The number of non-ortho nitro benzene ring substituents is 1. The lowest BCUT2D eigenvalue weighted by Crippen LogP contribution is -2.17. The first-order valence-electron chi connectivity index (χ1n) is 6.72. The topological polar surface area (TPSA) is 131 Å². The first-order valence-corrected chi connectivity index (χ1v) is 6.72. The molecule has 3 N–H and O–H groups in total. The van der Waals surface area contributed by atoms with E-state index in [1.54, 1.807) is 0 Å². The zero-order valence-corrected chi connectivity index (χ0v) is 12.3. The fourth-order valence-electron chi connectivity index (χ4n) is 1.72. The van der Waals surface area contributed by atoms with Gasteiger partial charge in [-0.3, -0.25) is 20.2 Å². The summed E-state index contributed by atoms with van der Waals surface area (Å²) in [4.78, 5) is 32.7. The van der Waals surface area contributed by atoms with Crippen LogP contribution < -0.4 is 15.4 Å². The van der Waals surface area contributed by atoms with Gasteiger partial charge in [0.1, 0.15) is 12.4 Å². The molecule has 9 heteroatoms. The number of nitrogens with one attached hydrogen (secondary N) is 2. The van der Waals surface area contributed by atoms with Gasteiger partial charge in [0.25, 0.3) is 5.69 Å². The predicted molar refractivity (Wildman–Crippen MR) is 84.9 cm³/mol. The van der Waals surface area contributed by atoms with Gasteiger partial charge in [0.15, 0.2) is 0 Å². The second-order valence-corrected chi connectivity index (χ2v) is 4.55. The van der Waals surface area contributed by atoms with Gasteiger partial charge in [-0.05, 0) is 36.4 Å². The number of amides is 2. The molecule has 2 amide bonds. The lowest BCUT2D eigenvalue weighted by molar-refractivity contribution is -0.384. The smallest absolute Gasteiger partial charge is 0.410 e. The van der Waals surface area contributed by atoms with E-state index < -0.39 is 23.5 Å². The summed E-state index contributed by atoms with van der Waals surface area (Å²) in [6.07, 6.45) is -0.768. The molecule has 0 aliphatic rings. The Morgan fingerprint density at radius 2 is 1.54 bits per heavy atom. The van der Waals surface area contributed by atoms with Gasteiger partial charge >= 0.3 is 6.09 Å². The average molecular weight is 331 g/mol. The summed E-state index contributed by atoms with van der Waals surface area (Å²) in [5.74, 6) is -0.391. The molecule has 24 heavy (non-hydrogen) atoms. The second kappa shape index (κ2) is 7.70. The van der Waals surface area contributed by atoms with Crippen molar-refractivity contribution in [3.05, 3.63) is 58.6 Å². The van der Waals surface area contributed by atoms with E-state index in [2.05, 4.69) is 10.6 Å². The van der Waals surface area contributed by atoms with Gasteiger partial charge in [0.05, 0.1) is 4.92 Å².